The number of aliphatic hydroxyl groups excluding tert-OH is 2. The molecule has 0 bridgehead atoms. The van der Waals surface area contributed by atoms with Gasteiger partial charge in [0.1, 0.15) is 30.7 Å². The number of anilines is 1. The molecule has 0 aromatic carbocycles. The van der Waals surface area contributed by atoms with Crippen LogP contribution in [0.1, 0.15) is 161 Å². The van der Waals surface area contributed by atoms with E-state index in [-0.39, 0.29) is 18.7 Å². The van der Waals surface area contributed by atoms with Crippen LogP contribution in [0.2, 0.25) is 0 Å². The Morgan fingerprint density at radius 3 is 1.73 bits per heavy atom. The Balaban J connectivity index is 1.85. The van der Waals surface area contributed by atoms with Crippen LogP contribution in [-0.2, 0) is 46.3 Å². The van der Waals surface area contributed by atoms with Gasteiger partial charge in [-0.15, -0.1) is 0 Å². The van der Waals surface area contributed by atoms with Crippen LogP contribution in [0.5, 0.6) is 0 Å². The van der Waals surface area contributed by atoms with Gasteiger partial charge < -0.3 is 39.9 Å². The van der Waals surface area contributed by atoms with Crippen molar-refractivity contribution in [3.8, 4) is 0 Å². The van der Waals surface area contributed by atoms with Gasteiger partial charge in [0.25, 0.3) is 0 Å². The average molecular weight is 1030 g/mol. The molecule has 20 heteroatoms. The number of carbonyl (C=O) groups is 2. The molecule has 6 N–H and O–H groups in total. The third-order valence-corrected chi connectivity index (χ3v) is 13.4. The number of nitrogens with zero attached hydrogens (tertiary/aromatic N) is 2. The van der Waals surface area contributed by atoms with Crippen LogP contribution in [0.4, 0.5) is 5.82 Å². The fourth-order valence-corrected chi connectivity index (χ4v) is 8.97. The van der Waals surface area contributed by atoms with Gasteiger partial charge in [-0.1, -0.05) is 132 Å². The first-order chi connectivity index (χ1) is 33.7. The number of aromatic nitrogens is 2. The largest absolute Gasteiger partial charge is 0.481 e. The van der Waals surface area contributed by atoms with Crippen LogP contribution in [-0.4, -0.2) is 85.7 Å². The van der Waals surface area contributed by atoms with E-state index in [2.05, 4.69) is 83.9 Å². The molecule has 1 aliphatic rings. The lowest BCUT2D eigenvalue weighted by Crippen LogP contribution is -2.36. The summed E-state index contributed by atoms with van der Waals surface area (Å²) in [4.78, 5) is 61.8. The number of nitrogen functional groups attached to an aromatic ring is 1. The molecule has 70 heavy (non-hydrogen) atoms. The van der Waals surface area contributed by atoms with E-state index in [1.807, 2.05) is 12.2 Å². The van der Waals surface area contributed by atoms with Gasteiger partial charge in [0.05, 0.1) is 13.2 Å². The number of rotatable bonds is 40. The Labute approximate surface area is 415 Å². The molecule has 0 aliphatic carbocycles. The van der Waals surface area contributed by atoms with Crippen LogP contribution >= 0.6 is 15.6 Å². The fourth-order valence-electron chi connectivity index (χ4n) is 6.86. The Kier molecular flexibility index (Phi) is 33.7. The quantitative estimate of drug-likeness (QED) is 0.0177. The minimum absolute atomic E-state index is 0.0322. The van der Waals surface area contributed by atoms with Crippen LogP contribution in [0.3, 0.4) is 0 Å². The summed E-state index contributed by atoms with van der Waals surface area (Å²) < 4.78 is 56.7. The number of phosphoric acid groups is 2. The lowest BCUT2D eigenvalue weighted by atomic mass is 10.1. The highest BCUT2D eigenvalue weighted by molar-refractivity contribution is 7.61. The summed E-state index contributed by atoms with van der Waals surface area (Å²) in [6, 6.07) is 1.24. The number of carbonyl (C=O) groups excluding carboxylic acids is 2. The van der Waals surface area contributed by atoms with E-state index in [0.29, 0.717) is 19.3 Å². The molecule has 18 nitrogen and oxygen atoms in total. The predicted molar refractivity (Wildman–Crippen MR) is 270 cm³/mol. The van der Waals surface area contributed by atoms with E-state index in [4.69, 9.17) is 29.0 Å². The SMILES string of the molecule is CCCCC/C=C\C/C=C\C/C=C\C/C=C\CCCC(=O)O[C@H](COC(=O)CCCCCCC/C=C\C/C=C\CCCCC)COP(=O)(O)OP(=O)(O)OC[C@H]1O[C@@H](n2ccc(N)nc2=O)C(O)[C@H]1O. The van der Waals surface area contributed by atoms with Gasteiger partial charge in [0, 0.05) is 19.0 Å². The van der Waals surface area contributed by atoms with Gasteiger partial charge >= 0.3 is 33.3 Å². The topological polar surface area (TPSA) is 265 Å². The second-order valence-corrected chi connectivity index (χ2v) is 20.0. The molecular formula is C50H81N3O15P2. The number of esters is 2. The maximum Gasteiger partial charge on any atom is 0.481 e. The van der Waals surface area contributed by atoms with Crippen LogP contribution in [0.25, 0.3) is 0 Å². The lowest BCUT2D eigenvalue weighted by Gasteiger charge is -2.21. The number of unbranched alkanes of at least 4 members (excludes halogenated alkanes) is 12. The summed E-state index contributed by atoms with van der Waals surface area (Å²) in [5.74, 6) is -1.39. The van der Waals surface area contributed by atoms with E-state index >= 15 is 0 Å². The maximum absolute atomic E-state index is 12.8. The predicted octanol–water partition coefficient (Wildman–Crippen LogP) is 10.1. The van der Waals surface area contributed by atoms with Gasteiger partial charge in [0.15, 0.2) is 12.3 Å². The van der Waals surface area contributed by atoms with Crippen molar-refractivity contribution in [1.82, 2.24) is 9.55 Å². The highest BCUT2D eigenvalue weighted by Gasteiger charge is 2.46. The molecule has 0 amide bonds. The average Bonchev–Trinajstić information content (AvgIpc) is 3.59. The number of phosphoric ester groups is 2. The van der Waals surface area contributed by atoms with Crippen LogP contribution < -0.4 is 11.4 Å². The van der Waals surface area contributed by atoms with Gasteiger partial charge in [-0.2, -0.15) is 9.29 Å². The van der Waals surface area contributed by atoms with Crippen molar-refractivity contribution in [3.63, 3.8) is 0 Å². The highest BCUT2D eigenvalue weighted by atomic mass is 31.3. The third-order valence-electron chi connectivity index (χ3n) is 10.8. The fraction of sp³-hybridized carbons (Fsp3) is 0.640. The summed E-state index contributed by atoms with van der Waals surface area (Å²) in [7, 11) is -10.9. The van der Waals surface area contributed by atoms with Crippen molar-refractivity contribution in [2.24, 2.45) is 0 Å². The monoisotopic (exact) mass is 1030 g/mol. The minimum Gasteiger partial charge on any atom is -0.462 e. The molecule has 0 saturated carbocycles. The third kappa shape index (κ3) is 30.2. The summed E-state index contributed by atoms with van der Waals surface area (Å²) in [6.45, 7) is 2.02. The number of hydrogen-bond acceptors (Lipinski definition) is 15. The van der Waals surface area contributed by atoms with E-state index < -0.39 is 83.7 Å². The maximum atomic E-state index is 12.8. The van der Waals surface area contributed by atoms with Crippen molar-refractivity contribution in [2.75, 3.05) is 25.6 Å². The van der Waals surface area contributed by atoms with Crippen molar-refractivity contribution < 1.29 is 66.3 Å². The first kappa shape index (κ1) is 62.3. The molecule has 1 fully saturated rings. The zero-order valence-electron chi connectivity index (χ0n) is 41.3. The molecular weight excluding hydrogens is 945 g/mol. The van der Waals surface area contributed by atoms with E-state index in [1.54, 1.807) is 0 Å². The normalized spacial score (nSPS) is 19.9. The second-order valence-electron chi connectivity index (χ2n) is 17.0. The number of hydrogen-bond donors (Lipinski definition) is 5. The standard InChI is InChI=1S/C50H81N3O15P2/c1-3-5-7-9-11-13-15-17-19-20-22-24-26-28-30-32-34-36-46(55)66-42(39-63-45(54)35-33-31-29-27-25-23-21-18-16-14-12-10-8-6-4-2)40-64-69(59,60)68-70(61,62)65-41-43-47(56)48(57)49(67-43)53-38-37-44(51)52-50(53)58/h11-14,17-19,21-22,24,28,30,37-38,42-43,47-49,56-57H,3-10,15-16,20,23,25-27,29,31-36,39-41H2,1-2H3,(H,59,60)(H,61,62)(H2,51,52,58)/b13-11-,14-12-,19-17-,21-18-,24-22-,30-28-/t42-,43-,47+,48?,49-/m1/s1. The molecule has 1 aliphatic heterocycles. The molecule has 396 valence electrons. The summed E-state index contributed by atoms with van der Waals surface area (Å²) >= 11 is 0. The molecule has 2 heterocycles. The Morgan fingerprint density at radius 2 is 1.17 bits per heavy atom. The number of allylic oxidation sites excluding steroid dienone is 12. The van der Waals surface area contributed by atoms with E-state index in [9.17, 15) is 43.5 Å². The zero-order chi connectivity index (χ0) is 51.3. The smallest absolute Gasteiger partial charge is 0.462 e. The zero-order valence-corrected chi connectivity index (χ0v) is 43.1. The highest BCUT2D eigenvalue weighted by Crippen LogP contribution is 2.60. The van der Waals surface area contributed by atoms with Gasteiger partial charge in [-0.05, 0) is 89.5 Å². The molecule has 1 saturated heterocycles. The van der Waals surface area contributed by atoms with Crippen LogP contribution in [0, 0.1) is 0 Å². The molecule has 1 aromatic rings. The van der Waals surface area contributed by atoms with Crippen molar-refractivity contribution in [2.45, 2.75) is 186 Å². The second kappa shape index (κ2) is 37.9. The van der Waals surface area contributed by atoms with Gasteiger partial charge in [0.2, 0.25) is 0 Å². The molecule has 3 unspecified atom stereocenters. The van der Waals surface area contributed by atoms with Crippen molar-refractivity contribution in [3.05, 3.63) is 95.7 Å². The summed E-state index contributed by atoms with van der Waals surface area (Å²) in [6.07, 6.45) is 38.5. The Morgan fingerprint density at radius 1 is 0.686 bits per heavy atom. The van der Waals surface area contributed by atoms with Crippen molar-refractivity contribution in [1.29, 1.82) is 0 Å². The number of ether oxygens (including phenoxy) is 3. The summed E-state index contributed by atoms with van der Waals surface area (Å²) in [5.41, 5.74) is 4.58. The van der Waals surface area contributed by atoms with Gasteiger partial charge in [-0.3, -0.25) is 23.2 Å². The first-order valence-electron chi connectivity index (χ1n) is 24.9. The number of aliphatic hydroxyl groups is 2. The lowest BCUT2D eigenvalue weighted by molar-refractivity contribution is -0.161. The molecule has 0 spiro atoms. The molecule has 2 rings (SSSR count). The van der Waals surface area contributed by atoms with E-state index in [1.165, 1.54) is 44.6 Å². The minimum atomic E-state index is -5.44. The van der Waals surface area contributed by atoms with Crippen molar-refractivity contribution >= 4 is 33.4 Å². The molecule has 7 atom stereocenters. The Bertz CT molecular complexity index is 1950. The molecule has 0 radical (unpaired) electrons. The first-order valence-corrected chi connectivity index (χ1v) is 27.9. The Hall–Kier alpha value is -3.80. The number of nitrogens with two attached hydrogens (primary N) is 1. The molecule has 1 aromatic heterocycles. The van der Waals surface area contributed by atoms with Crippen LogP contribution in [0.15, 0.2) is 90.0 Å². The van der Waals surface area contributed by atoms with E-state index in [0.717, 1.165) is 81.4 Å². The van der Waals surface area contributed by atoms with Gasteiger partial charge in [-0.25, -0.2) is 13.9 Å². The summed E-state index contributed by atoms with van der Waals surface area (Å²) in [5, 5.41) is 20.9.